The van der Waals surface area contributed by atoms with Crippen LogP contribution in [0, 0.1) is 0 Å². The van der Waals surface area contributed by atoms with Crippen LogP contribution in [0.4, 0.5) is 5.69 Å². The molecule has 0 aliphatic carbocycles. The lowest BCUT2D eigenvalue weighted by Gasteiger charge is -2.16. The smallest absolute Gasteiger partial charge is 0.339 e. The first-order chi connectivity index (χ1) is 7.99. The van der Waals surface area contributed by atoms with Gasteiger partial charge in [0.25, 0.3) is 0 Å². The van der Waals surface area contributed by atoms with E-state index in [1.54, 1.807) is 6.07 Å². The molecule has 17 heavy (non-hydrogen) atoms. The van der Waals surface area contributed by atoms with Crippen molar-refractivity contribution >= 4 is 23.3 Å². The molecule has 0 saturated heterocycles. The summed E-state index contributed by atoms with van der Waals surface area (Å²) in [6, 6.07) is 3.26. The molecule has 1 unspecified atom stereocenters. The first-order valence-corrected chi connectivity index (χ1v) is 5.74. The molecule has 2 N–H and O–H groups in total. The van der Waals surface area contributed by atoms with Crippen molar-refractivity contribution in [1.82, 2.24) is 0 Å². The molecular formula is C12H16ClNO3. The highest BCUT2D eigenvalue weighted by Gasteiger charge is 2.15. The van der Waals surface area contributed by atoms with Crippen molar-refractivity contribution in [2.75, 3.05) is 12.4 Å². The average molecular weight is 258 g/mol. The number of rotatable bonds is 5. The van der Waals surface area contributed by atoms with Gasteiger partial charge in [0, 0.05) is 12.1 Å². The fourth-order valence-electron chi connectivity index (χ4n) is 1.37. The fourth-order valence-corrected chi connectivity index (χ4v) is 1.59. The number of carboxylic acid groups (broad SMARTS) is 1. The zero-order valence-electron chi connectivity index (χ0n) is 10.1. The Bertz CT molecular complexity index is 420. The molecular weight excluding hydrogens is 242 g/mol. The molecule has 0 heterocycles. The van der Waals surface area contributed by atoms with E-state index in [4.69, 9.17) is 21.4 Å². The third-order valence-corrected chi connectivity index (χ3v) is 2.85. The van der Waals surface area contributed by atoms with Gasteiger partial charge >= 0.3 is 5.97 Å². The van der Waals surface area contributed by atoms with Crippen molar-refractivity contribution in [2.24, 2.45) is 0 Å². The number of benzene rings is 1. The Labute approximate surface area is 106 Å². The molecule has 0 saturated carbocycles. The Morgan fingerprint density at radius 3 is 2.71 bits per heavy atom. The summed E-state index contributed by atoms with van der Waals surface area (Å²) in [6.07, 6.45) is 0.944. The van der Waals surface area contributed by atoms with Gasteiger partial charge in [-0.15, -0.1) is 0 Å². The molecule has 5 heteroatoms. The van der Waals surface area contributed by atoms with Crippen LogP contribution < -0.4 is 10.1 Å². The van der Waals surface area contributed by atoms with Gasteiger partial charge in [-0.05, 0) is 19.4 Å². The molecule has 0 aliphatic rings. The minimum Gasteiger partial charge on any atom is -0.496 e. The molecule has 0 fully saturated rings. The lowest BCUT2D eigenvalue weighted by Crippen LogP contribution is -2.14. The molecule has 0 aliphatic heterocycles. The Morgan fingerprint density at radius 1 is 1.59 bits per heavy atom. The van der Waals surface area contributed by atoms with Crippen LogP contribution >= 0.6 is 11.6 Å². The minimum atomic E-state index is -1.06. The predicted molar refractivity (Wildman–Crippen MR) is 68.3 cm³/mol. The Hall–Kier alpha value is -1.42. The van der Waals surface area contributed by atoms with Crippen LogP contribution in [-0.4, -0.2) is 24.2 Å². The third-order valence-electron chi connectivity index (χ3n) is 2.53. The zero-order valence-corrected chi connectivity index (χ0v) is 10.8. The molecule has 1 aromatic rings. The molecule has 1 atom stereocenters. The first-order valence-electron chi connectivity index (χ1n) is 5.37. The summed E-state index contributed by atoms with van der Waals surface area (Å²) in [5.74, 6) is -0.758. The van der Waals surface area contributed by atoms with Gasteiger partial charge in [0.2, 0.25) is 0 Å². The highest BCUT2D eigenvalue weighted by Crippen LogP contribution is 2.31. The standard InChI is InChI=1S/C12H16ClNO3/c1-4-7(2)14-10-6-11(17-3)8(12(15)16)5-9(10)13/h5-7,14H,4H2,1-3H3,(H,15,16). The van der Waals surface area contributed by atoms with E-state index in [1.165, 1.54) is 13.2 Å². The number of hydrogen-bond donors (Lipinski definition) is 2. The van der Waals surface area contributed by atoms with E-state index in [0.29, 0.717) is 16.5 Å². The van der Waals surface area contributed by atoms with Crippen molar-refractivity contribution < 1.29 is 14.6 Å². The number of methoxy groups -OCH3 is 1. The number of carbonyl (C=O) groups is 1. The summed E-state index contributed by atoms with van der Waals surface area (Å²) in [5.41, 5.74) is 0.745. The van der Waals surface area contributed by atoms with Crippen LogP contribution in [0.15, 0.2) is 12.1 Å². The molecule has 0 radical (unpaired) electrons. The van der Waals surface area contributed by atoms with E-state index in [1.807, 2.05) is 6.92 Å². The molecule has 0 amide bonds. The number of aromatic carboxylic acids is 1. The van der Waals surface area contributed by atoms with Gasteiger partial charge in [0.1, 0.15) is 11.3 Å². The van der Waals surface area contributed by atoms with Gasteiger partial charge in [-0.2, -0.15) is 0 Å². The van der Waals surface area contributed by atoms with Gasteiger partial charge in [-0.25, -0.2) is 4.79 Å². The van der Waals surface area contributed by atoms with Crippen LogP contribution in [0.5, 0.6) is 5.75 Å². The van der Waals surface area contributed by atoms with Gasteiger partial charge in [-0.3, -0.25) is 0 Å². The summed E-state index contributed by atoms with van der Waals surface area (Å²) in [6.45, 7) is 4.07. The van der Waals surface area contributed by atoms with E-state index in [2.05, 4.69) is 12.2 Å². The summed E-state index contributed by atoms with van der Waals surface area (Å²) < 4.78 is 5.04. The van der Waals surface area contributed by atoms with Crippen LogP contribution in [0.25, 0.3) is 0 Å². The quantitative estimate of drug-likeness (QED) is 0.850. The number of carboxylic acids is 1. The molecule has 94 valence electrons. The molecule has 0 aromatic heterocycles. The van der Waals surface area contributed by atoms with Gasteiger partial charge < -0.3 is 15.2 Å². The molecule has 0 bridgehead atoms. The second-order valence-electron chi connectivity index (χ2n) is 3.79. The molecule has 0 spiro atoms. The van der Waals surface area contributed by atoms with E-state index in [0.717, 1.165) is 6.42 Å². The normalized spacial score (nSPS) is 12.0. The Balaban J connectivity index is 3.13. The second kappa shape index (κ2) is 5.77. The summed E-state index contributed by atoms with van der Waals surface area (Å²) in [5, 5.41) is 12.6. The van der Waals surface area contributed by atoms with E-state index in [9.17, 15) is 4.79 Å². The summed E-state index contributed by atoms with van der Waals surface area (Å²) in [7, 11) is 1.43. The largest absolute Gasteiger partial charge is 0.496 e. The zero-order chi connectivity index (χ0) is 13.0. The second-order valence-corrected chi connectivity index (χ2v) is 4.20. The highest BCUT2D eigenvalue weighted by molar-refractivity contribution is 6.33. The van der Waals surface area contributed by atoms with Gasteiger partial charge in [0.05, 0.1) is 17.8 Å². The summed E-state index contributed by atoms with van der Waals surface area (Å²) in [4.78, 5) is 11.0. The highest BCUT2D eigenvalue weighted by atomic mass is 35.5. The van der Waals surface area contributed by atoms with E-state index < -0.39 is 5.97 Å². The van der Waals surface area contributed by atoms with Crippen LogP contribution in [0.1, 0.15) is 30.6 Å². The van der Waals surface area contributed by atoms with Crippen molar-refractivity contribution in [3.63, 3.8) is 0 Å². The molecule has 1 rings (SSSR count). The summed E-state index contributed by atoms with van der Waals surface area (Å²) >= 11 is 6.02. The maximum absolute atomic E-state index is 11.0. The topological polar surface area (TPSA) is 58.6 Å². The SMILES string of the molecule is CCC(C)Nc1cc(OC)c(C(=O)O)cc1Cl. The molecule has 4 nitrogen and oxygen atoms in total. The number of nitrogens with one attached hydrogen (secondary N) is 1. The minimum absolute atomic E-state index is 0.0622. The van der Waals surface area contributed by atoms with E-state index >= 15 is 0 Å². The average Bonchev–Trinajstić information content (AvgIpc) is 2.30. The third kappa shape index (κ3) is 3.27. The maximum Gasteiger partial charge on any atom is 0.339 e. The van der Waals surface area contributed by atoms with Crippen molar-refractivity contribution in [3.8, 4) is 5.75 Å². The number of ether oxygens (including phenoxy) is 1. The van der Waals surface area contributed by atoms with Gasteiger partial charge in [0.15, 0.2) is 0 Å². The fraction of sp³-hybridized carbons (Fsp3) is 0.417. The van der Waals surface area contributed by atoms with Crippen LogP contribution in [0.3, 0.4) is 0 Å². The van der Waals surface area contributed by atoms with E-state index in [-0.39, 0.29) is 11.6 Å². The Kier molecular flexibility index (Phi) is 4.63. The number of hydrogen-bond acceptors (Lipinski definition) is 3. The monoisotopic (exact) mass is 257 g/mol. The first kappa shape index (κ1) is 13.6. The Morgan fingerprint density at radius 2 is 2.24 bits per heavy atom. The lowest BCUT2D eigenvalue weighted by atomic mass is 10.1. The van der Waals surface area contributed by atoms with Crippen LogP contribution in [0.2, 0.25) is 5.02 Å². The molecule has 1 aromatic carbocycles. The van der Waals surface area contributed by atoms with Crippen LogP contribution in [-0.2, 0) is 0 Å². The van der Waals surface area contributed by atoms with Crippen molar-refractivity contribution in [1.29, 1.82) is 0 Å². The van der Waals surface area contributed by atoms with Gasteiger partial charge in [-0.1, -0.05) is 18.5 Å². The maximum atomic E-state index is 11.0. The number of anilines is 1. The lowest BCUT2D eigenvalue weighted by molar-refractivity contribution is 0.0693. The predicted octanol–water partition coefficient (Wildman–Crippen LogP) is 3.26. The van der Waals surface area contributed by atoms with Crippen molar-refractivity contribution in [2.45, 2.75) is 26.3 Å². The van der Waals surface area contributed by atoms with Crippen molar-refractivity contribution in [3.05, 3.63) is 22.7 Å². The number of halogens is 1.